The summed E-state index contributed by atoms with van der Waals surface area (Å²) in [4.78, 5) is 29.9. The molecular formula is C15H17N2O5PS2. The van der Waals surface area contributed by atoms with E-state index < -0.39 is 5.97 Å². The molecule has 2 rings (SSSR count). The summed E-state index contributed by atoms with van der Waals surface area (Å²) in [7, 11) is 2.05. The third kappa shape index (κ3) is 5.74. The molecule has 0 fully saturated rings. The summed E-state index contributed by atoms with van der Waals surface area (Å²) in [6, 6.07) is 7.72. The minimum absolute atomic E-state index is 0.130. The number of hydrogen-bond acceptors (Lipinski definition) is 7. The van der Waals surface area contributed by atoms with E-state index in [9.17, 15) is 14.7 Å². The van der Waals surface area contributed by atoms with Gasteiger partial charge in [0.2, 0.25) is 0 Å². The van der Waals surface area contributed by atoms with Gasteiger partial charge in [-0.25, -0.2) is 0 Å². The van der Waals surface area contributed by atoms with E-state index in [2.05, 4.69) is 19.6 Å². The van der Waals surface area contributed by atoms with Crippen molar-refractivity contribution in [1.82, 2.24) is 5.09 Å². The lowest BCUT2D eigenvalue weighted by Gasteiger charge is -2.26. The van der Waals surface area contributed by atoms with E-state index in [-0.39, 0.29) is 30.8 Å². The molecule has 0 aliphatic carbocycles. The highest BCUT2D eigenvalue weighted by Gasteiger charge is 2.27. The Hall–Kier alpha value is -1.54. The number of nitrogens with one attached hydrogen (secondary N) is 1. The zero-order valence-electron chi connectivity index (χ0n) is 13.0. The van der Waals surface area contributed by atoms with Crippen molar-refractivity contribution in [2.24, 2.45) is 5.16 Å². The molecule has 1 amide bonds. The maximum atomic E-state index is 11.2. The Labute approximate surface area is 155 Å². The fraction of sp³-hybridized carbons (Fsp3) is 0.267. The van der Waals surface area contributed by atoms with E-state index in [1.807, 2.05) is 24.3 Å². The molecule has 7 nitrogen and oxygen atoms in total. The number of benzene rings is 1. The Morgan fingerprint density at radius 1 is 1.36 bits per heavy atom. The smallest absolute Gasteiger partial charge is 0.307 e. The normalized spacial score (nSPS) is 18.6. The molecule has 0 saturated carbocycles. The Morgan fingerprint density at radius 2 is 2.08 bits per heavy atom. The van der Waals surface area contributed by atoms with Gasteiger partial charge >= 0.3 is 5.97 Å². The first-order chi connectivity index (χ1) is 12.0. The van der Waals surface area contributed by atoms with Gasteiger partial charge in [0.1, 0.15) is 0 Å². The summed E-state index contributed by atoms with van der Waals surface area (Å²) < 4.78 is 0. The Balaban J connectivity index is 2.27. The third-order valence-corrected chi connectivity index (χ3v) is 6.32. The van der Waals surface area contributed by atoms with Gasteiger partial charge in [0.05, 0.1) is 24.5 Å². The summed E-state index contributed by atoms with van der Waals surface area (Å²) in [6.07, 6.45) is 1.04. The van der Waals surface area contributed by atoms with Crippen molar-refractivity contribution < 1.29 is 24.6 Å². The van der Waals surface area contributed by atoms with Crippen molar-refractivity contribution in [2.45, 2.75) is 21.5 Å². The van der Waals surface area contributed by atoms with Gasteiger partial charge in [0.25, 0.3) is 5.91 Å². The molecule has 0 saturated heterocycles. The quantitative estimate of drug-likeness (QED) is 0.364. The molecule has 25 heavy (non-hydrogen) atoms. The van der Waals surface area contributed by atoms with Crippen molar-refractivity contribution in [2.75, 3.05) is 13.2 Å². The molecule has 1 aliphatic heterocycles. The average Bonchev–Trinajstić information content (AvgIpc) is 2.62. The molecule has 3 N–H and O–H groups in total. The number of nitrogens with zero attached hydrogens (tertiary/aromatic N) is 1. The number of amides is 1. The van der Waals surface area contributed by atoms with Crippen LogP contribution in [0.5, 0.6) is 0 Å². The highest BCUT2D eigenvalue weighted by molar-refractivity contribution is 8.08. The van der Waals surface area contributed by atoms with E-state index in [1.54, 1.807) is 0 Å². The predicted molar refractivity (Wildman–Crippen MR) is 101 cm³/mol. The van der Waals surface area contributed by atoms with Crippen LogP contribution < -0.4 is 5.09 Å². The van der Waals surface area contributed by atoms with Crippen LogP contribution in [0.4, 0.5) is 0 Å². The second-order valence-electron chi connectivity index (χ2n) is 4.87. The first-order valence-electron chi connectivity index (χ1n) is 7.19. The van der Waals surface area contributed by atoms with Crippen molar-refractivity contribution in [3.8, 4) is 0 Å². The monoisotopic (exact) mass is 400 g/mol. The summed E-state index contributed by atoms with van der Waals surface area (Å²) in [6.45, 7) is -0.404. The molecule has 134 valence electrons. The standard InChI is InChI=1S/C15H17N2O5PS2/c18-7-12-15(25-11-4-2-1-3-10(11)24-12)9(5-14(20)21)6-16-22-8-13(19)17-23/h1-4,6,12,18H,5,7-8,23H2,(H,17,19)(H,20,21)/b15-9-,16-6+. The van der Waals surface area contributed by atoms with Crippen molar-refractivity contribution in [3.63, 3.8) is 0 Å². The van der Waals surface area contributed by atoms with Crippen LogP contribution in [0.3, 0.4) is 0 Å². The number of carbonyl (C=O) groups is 2. The fourth-order valence-electron chi connectivity index (χ4n) is 2.01. The lowest BCUT2D eigenvalue weighted by atomic mass is 10.1. The van der Waals surface area contributed by atoms with E-state index in [0.717, 1.165) is 14.7 Å². The predicted octanol–water partition coefficient (Wildman–Crippen LogP) is 1.88. The number of carbonyl (C=O) groups excluding carboxylic acids is 1. The van der Waals surface area contributed by atoms with Crippen molar-refractivity contribution in [3.05, 3.63) is 34.7 Å². The number of aliphatic hydroxyl groups excluding tert-OH is 1. The van der Waals surface area contributed by atoms with Crippen LogP contribution in [0.1, 0.15) is 6.42 Å². The van der Waals surface area contributed by atoms with Gasteiger partial charge in [-0.3, -0.25) is 9.59 Å². The Morgan fingerprint density at radius 3 is 2.72 bits per heavy atom. The molecule has 1 heterocycles. The SMILES string of the molecule is O=C(O)CC(/C=N/OCC(=O)NP)=C1/Sc2ccccc2SC1CO. The number of aliphatic hydroxyl groups is 1. The molecule has 2 atom stereocenters. The zero-order chi connectivity index (χ0) is 18.2. The van der Waals surface area contributed by atoms with Crippen LogP contribution >= 0.6 is 32.9 Å². The molecule has 1 aliphatic rings. The first-order valence-corrected chi connectivity index (χ1v) is 9.46. The average molecular weight is 400 g/mol. The van der Waals surface area contributed by atoms with E-state index in [0.29, 0.717) is 5.57 Å². The van der Waals surface area contributed by atoms with Gasteiger partial charge in [0, 0.05) is 14.7 Å². The molecule has 0 aromatic heterocycles. The van der Waals surface area contributed by atoms with Crippen LogP contribution in [0.15, 0.2) is 49.7 Å². The number of fused-ring (bicyclic) bond motifs is 1. The highest BCUT2D eigenvalue weighted by atomic mass is 32.2. The topological polar surface area (TPSA) is 108 Å². The van der Waals surface area contributed by atoms with Gasteiger partial charge in [-0.2, -0.15) is 0 Å². The summed E-state index contributed by atoms with van der Waals surface area (Å²) in [5.41, 5.74) is 0.435. The fourth-order valence-corrected chi connectivity index (χ4v) is 4.65. The second-order valence-corrected chi connectivity index (χ2v) is 7.49. The number of carboxylic acid groups (broad SMARTS) is 1. The number of carboxylic acids is 1. The summed E-state index contributed by atoms with van der Waals surface area (Å²) in [5, 5.41) is 24.6. The number of rotatable bonds is 7. The van der Waals surface area contributed by atoms with Crippen LogP contribution in [0, 0.1) is 0 Å². The zero-order valence-corrected chi connectivity index (χ0v) is 15.8. The van der Waals surface area contributed by atoms with E-state index in [4.69, 9.17) is 9.94 Å². The molecule has 0 radical (unpaired) electrons. The van der Waals surface area contributed by atoms with Crippen molar-refractivity contribution in [1.29, 1.82) is 0 Å². The van der Waals surface area contributed by atoms with Gasteiger partial charge in [-0.1, -0.05) is 29.1 Å². The van der Waals surface area contributed by atoms with Crippen LogP contribution in [-0.2, 0) is 14.4 Å². The highest BCUT2D eigenvalue weighted by Crippen LogP contribution is 2.48. The van der Waals surface area contributed by atoms with Gasteiger partial charge < -0.3 is 20.1 Å². The minimum atomic E-state index is -1.02. The maximum absolute atomic E-state index is 11.2. The van der Waals surface area contributed by atoms with Crippen molar-refractivity contribution >= 4 is 51.0 Å². The largest absolute Gasteiger partial charge is 0.481 e. The summed E-state index contributed by atoms with van der Waals surface area (Å²) in [5.74, 6) is -1.39. The Kier molecular flexibility index (Phi) is 7.77. The summed E-state index contributed by atoms with van der Waals surface area (Å²) >= 11 is 2.89. The second kappa shape index (κ2) is 9.82. The number of oxime groups is 1. The lowest BCUT2D eigenvalue weighted by molar-refractivity contribution is -0.136. The third-order valence-electron chi connectivity index (χ3n) is 3.09. The number of hydrogen-bond donors (Lipinski definition) is 3. The molecule has 1 aromatic rings. The molecule has 0 spiro atoms. The molecular weight excluding hydrogens is 383 g/mol. The number of aliphatic carboxylic acids is 1. The molecule has 0 bridgehead atoms. The molecule has 2 unspecified atom stereocenters. The van der Waals surface area contributed by atoms with Crippen LogP contribution in [-0.4, -0.2) is 46.8 Å². The first kappa shape index (κ1) is 19.8. The van der Waals surface area contributed by atoms with E-state index in [1.165, 1.54) is 29.7 Å². The lowest BCUT2D eigenvalue weighted by Crippen LogP contribution is -2.18. The Bertz CT molecular complexity index is 711. The molecule has 10 heteroatoms. The minimum Gasteiger partial charge on any atom is -0.481 e. The number of thioether (sulfide) groups is 2. The molecule has 1 aromatic carbocycles. The van der Waals surface area contributed by atoms with Crippen LogP contribution in [0.2, 0.25) is 0 Å². The maximum Gasteiger partial charge on any atom is 0.307 e. The van der Waals surface area contributed by atoms with Gasteiger partial charge in [-0.15, -0.1) is 11.8 Å². The van der Waals surface area contributed by atoms with E-state index >= 15 is 0 Å². The van der Waals surface area contributed by atoms with Gasteiger partial charge in [-0.05, 0) is 27.1 Å². The van der Waals surface area contributed by atoms with Crippen LogP contribution in [0.25, 0.3) is 0 Å². The van der Waals surface area contributed by atoms with Gasteiger partial charge in [0.15, 0.2) is 6.61 Å².